The minimum absolute atomic E-state index is 0.428. The first-order valence-corrected chi connectivity index (χ1v) is 8.43. The van der Waals surface area contributed by atoms with Gasteiger partial charge in [-0.2, -0.15) is 0 Å². The van der Waals surface area contributed by atoms with E-state index in [9.17, 15) is 0 Å². The van der Waals surface area contributed by atoms with E-state index in [4.69, 9.17) is 16.3 Å². The molecule has 0 radical (unpaired) electrons. The summed E-state index contributed by atoms with van der Waals surface area (Å²) in [5, 5.41) is 0.832. The van der Waals surface area contributed by atoms with E-state index in [2.05, 4.69) is 33.0 Å². The van der Waals surface area contributed by atoms with Crippen LogP contribution in [0.2, 0.25) is 5.02 Å². The highest BCUT2D eigenvalue weighted by molar-refractivity contribution is 6.31. The quantitative estimate of drug-likeness (QED) is 0.813. The summed E-state index contributed by atoms with van der Waals surface area (Å²) < 4.78 is 6.08. The second kappa shape index (κ2) is 7.48. The molecule has 0 amide bonds. The van der Waals surface area contributed by atoms with Gasteiger partial charge in [0.2, 0.25) is 0 Å². The lowest BCUT2D eigenvalue weighted by atomic mass is 10.0. The molecule has 0 aromatic heterocycles. The summed E-state index contributed by atoms with van der Waals surface area (Å²) in [5.74, 6) is 1.43. The summed E-state index contributed by atoms with van der Waals surface area (Å²) in [5.41, 5.74) is 2.30. The van der Waals surface area contributed by atoms with Gasteiger partial charge >= 0.3 is 0 Å². The molecule has 21 heavy (non-hydrogen) atoms. The van der Waals surface area contributed by atoms with Gasteiger partial charge in [0.15, 0.2) is 0 Å². The summed E-state index contributed by atoms with van der Waals surface area (Å²) in [6, 6.07) is 4.14. The van der Waals surface area contributed by atoms with E-state index in [1.807, 2.05) is 6.92 Å². The molecule has 2 rings (SSSR count). The molecule has 2 N–H and O–H groups in total. The molecule has 4 heteroatoms. The van der Waals surface area contributed by atoms with Gasteiger partial charge in [-0.05, 0) is 36.1 Å². The molecule has 3 nitrogen and oxygen atoms in total. The van der Waals surface area contributed by atoms with Gasteiger partial charge in [0.05, 0.1) is 7.05 Å². The van der Waals surface area contributed by atoms with Gasteiger partial charge in [-0.15, -0.1) is 0 Å². The number of halogens is 1. The van der Waals surface area contributed by atoms with E-state index in [0.29, 0.717) is 5.92 Å². The Morgan fingerprint density at radius 3 is 2.48 bits per heavy atom. The monoisotopic (exact) mass is 312 g/mol. The van der Waals surface area contributed by atoms with E-state index < -0.39 is 0 Å². The lowest BCUT2D eigenvalue weighted by molar-refractivity contribution is -1.00. The van der Waals surface area contributed by atoms with Crippen LogP contribution in [-0.4, -0.2) is 46.4 Å². The number of ether oxygens (including phenoxy) is 1. The third-order valence-electron chi connectivity index (χ3n) is 4.44. The maximum atomic E-state index is 6.24. The summed E-state index contributed by atoms with van der Waals surface area (Å²) >= 11 is 6.24. The molecule has 1 aliphatic heterocycles. The number of benzene rings is 1. The highest BCUT2D eigenvalue weighted by Crippen LogP contribution is 2.31. The lowest BCUT2D eigenvalue weighted by Gasteiger charge is -2.27. The Kier molecular flexibility index (Phi) is 5.91. The molecular formula is C17H29ClN2O+2. The zero-order valence-electron chi connectivity index (χ0n) is 13.8. The number of hydrogen-bond donors (Lipinski definition) is 2. The Morgan fingerprint density at radius 2 is 1.86 bits per heavy atom. The van der Waals surface area contributed by atoms with Crippen LogP contribution in [0.15, 0.2) is 12.1 Å². The van der Waals surface area contributed by atoms with Crippen LogP contribution in [0.4, 0.5) is 0 Å². The Labute approximate surface area is 133 Å². The average molecular weight is 313 g/mol. The number of nitrogens with one attached hydrogen (secondary N) is 2. The first-order chi connectivity index (χ1) is 9.97. The van der Waals surface area contributed by atoms with E-state index in [1.54, 1.807) is 9.80 Å². The minimum Gasteiger partial charge on any atom is -0.487 e. The van der Waals surface area contributed by atoms with Crippen molar-refractivity contribution in [2.45, 2.75) is 26.7 Å². The smallest absolute Gasteiger partial charge is 0.137 e. The molecule has 1 saturated heterocycles. The Bertz CT molecular complexity index is 468. The molecule has 1 aromatic carbocycles. The Morgan fingerprint density at radius 1 is 1.19 bits per heavy atom. The SMILES string of the molecule is Cc1cc(OCC[NH+]2CC[NH+](C)CC2)c(C(C)C)cc1Cl. The van der Waals surface area contributed by atoms with Crippen LogP contribution in [0.5, 0.6) is 5.75 Å². The van der Waals surface area contributed by atoms with Crippen molar-refractivity contribution in [3.05, 3.63) is 28.3 Å². The molecule has 1 aliphatic rings. The van der Waals surface area contributed by atoms with Crippen LogP contribution in [0.1, 0.15) is 30.9 Å². The van der Waals surface area contributed by atoms with Gasteiger partial charge in [0, 0.05) is 5.02 Å². The van der Waals surface area contributed by atoms with Gasteiger partial charge in [-0.3, -0.25) is 0 Å². The van der Waals surface area contributed by atoms with Crippen LogP contribution in [0, 0.1) is 6.92 Å². The highest BCUT2D eigenvalue weighted by Gasteiger charge is 2.19. The summed E-state index contributed by atoms with van der Waals surface area (Å²) in [6.07, 6.45) is 0. The van der Waals surface area contributed by atoms with E-state index >= 15 is 0 Å². The molecule has 0 spiro atoms. The van der Waals surface area contributed by atoms with Crippen LogP contribution in [0.25, 0.3) is 0 Å². The van der Waals surface area contributed by atoms with Gasteiger partial charge < -0.3 is 14.5 Å². The molecule has 1 aromatic rings. The molecule has 118 valence electrons. The number of likely N-dealkylation sites (N-methyl/N-ethyl adjacent to an activating group) is 1. The van der Waals surface area contributed by atoms with Crippen molar-refractivity contribution in [1.29, 1.82) is 0 Å². The van der Waals surface area contributed by atoms with Crippen molar-refractivity contribution < 1.29 is 14.5 Å². The van der Waals surface area contributed by atoms with Gasteiger partial charge in [0.25, 0.3) is 0 Å². The second-order valence-electron chi connectivity index (χ2n) is 6.60. The molecule has 1 heterocycles. The predicted octanol–water partition coefficient (Wildman–Crippen LogP) is 0.564. The zero-order chi connectivity index (χ0) is 15.4. The number of hydrogen-bond acceptors (Lipinski definition) is 1. The highest BCUT2D eigenvalue weighted by atomic mass is 35.5. The lowest BCUT2D eigenvalue weighted by Crippen LogP contribution is -3.27. The van der Waals surface area contributed by atoms with Crippen molar-refractivity contribution in [2.75, 3.05) is 46.4 Å². The standard InChI is InChI=1S/C17H27ClN2O/c1-13(2)15-12-16(18)14(3)11-17(15)21-10-9-20-7-5-19(4)6-8-20/h11-13H,5-10H2,1-4H3/p+2. The molecule has 0 atom stereocenters. The number of aryl methyl sites for hydroxylation is 1. The predicted molar refractivity (Wildman–Crippen MR) is 88.0 cm³/mol. The maximum absolute atomic E-state index is 6.24. The van der Waals surface area contributed by atoms with E-state index in [-0.39, 0.29) is 0 Å². The third-order valence-corrected chi connectivity index (χ3v) is 4.84. The number of rotatable bonds is 5. The van der Waals surface area contributed by atoms with Crippen LogP contribution in [0.3, 0.4) is 0 Å². The molecular weight excluding hydrogens is 284 g/mol. The van der Waals surface area contributed by atoms with Gasteiger partial charge in [-0.25, -0.2) is 0 Å². The number of piperazine rings is 1. The van der Waals surface area contributed by atoms with Crippen LogP contribution >= 0.6 is 11.6 Å². The minimum atomic E-state index is 0.428. The van der Waals surface area contributed by atoms with Crippen molar-refractivity contribution >= 4 is 11.6 Å². The van der Waals surface area contributed by atoms with Gasteiger partial charge in [0.1, 0.15) is 45.1 Å². The Balaban J connectivity index is 1.92. The van der Waals surface area contributed by atoms with Crippen LogP contribution < -0.4 is 14.5 Å². The molecule has 0 bridgehead atoms. The maximum Gasteiger partial charge on any atom is 0.137 e. The normalized spacial score (nSPS) is 22.6. The largest absolute Gasteiger partial charge is 0.487 e. The van der Waals surface area contributed by atoms with Crippen molar-refractivity contribution in [3.63, 3.8) is 0 Å². The zero-order valence-corrected chi connectivity index (χ0v) is 14.5. The fraction of sp³-hybridized carbons (Fsp3) is 0.647. The fourth-order valence-electron chi connectivity index (χ4n) is 2.83. The summed E-state index contributed by atoms with van der Waals surface area (Å²) in [4.78, 5) is 3.31. The van der Waals surface area contributed by atoms with E-state index in [1.165, 1.54) is 31.7 Å². The number of quaternary nitrogens is 2. The average Bonchev–Trinajstić information content (AvgIpc) is 2.44. The van der Waals surface area contributed by atoms with Crippen molar-refractivity contribution in [2.24, 2.45) is 0 Å². The van der Waals surface area contributed by atoms with Gasteiger partial charge in [-0.1, -0.05) is 25.4 Å². The second-order valence-corrected chi connectivity index (χ2v) is 7.01. The third kappa shape index (κ3) is 4.60. The molecule has 0 aliphatic carbocycles. The van der Waals surface area contributed by atoms with Crippen LogP contribution in [-0.2, 0) is 0 Å². The summed E-state index contributed by atoms with van der Waals surface area (Å²) in [6.45, 7) is 13.3. The van der Waals surface area contributed by atoms with Crippen molar-refractivity contribution in [3.8, 4) is 5.75 Å². The van der Waals surface area contributed by atoms with E-state index in [0.717, 1.165) is 29.5 Å². The molecule has 0 unspecified atom stereocenters. The Hall–Kier alpha value is -0.770. The summed E-state index contributed by atoms with van der Waals surface area (Å²) in [7, 11) is 2.28. The first kappa shape index (κ1) is 16.6. The molecule has 1 fully saturated rings. The first-order valence-electron chi connectivity index (χ1n) is 8.05. The van der Waals surface area contributed by atoms with Crippen molar-refractivity contribution in [1.82, 2.24) is 0 Å². The molecule has 0 saturated carbocycles. The topological polar surface area (TPSA) is 18.1 Å². The fourth-order valence-corrected chi connectivity index (χ4v) is 3.00.